The zero-order chi connectivity index (χ0) is 13.1. The minimum Gasteiger partial charge on any atom is -0.481 e. The molecule has 3 rings (SSSR count). The molecule has 3 heteroatoms. The number of aromatic nitrogens is 2. The monoisotopic (exact) mass is 250 g/mol. The van der Waals surface area contributed by atoms with Gasteiger partial charge in [-0.05, 0) is 17.2 Å². The summed E-state index contributed by atoms with van der Waals surface area (Å²) in [4.78, 5) is 8.70. The number of hydrogen-bond acceptors (Lipinski definition) is 3. The second-order valence-corrected chi connectivity index (χ2v) is 4.38. The first-order valence-corrected chi connectivity index (χ1v) is 6.18. The Morgan fingerprint density at radius 2 is 1.89 bits per heavy atom. The van der Waals surface area contributed by atoms with Crippen molar-refractivity contribution < 1.29 is 4.74 Å². The molecule has 19 heavy (non-hydrogen) atoms. The Balaban J connectivity index is 1.96. The number of methoxy groups -OCH3 is 1. The van der Waals surface area contributed by atoms with Gasteiger partial charge in [-0.1, -0.05) is 30.3 Å². The molecule has 0 radical (unpaired) electrons. The molecule has 0 bridgehead atoms. The van der Waals surface area contributed by atoms with Crippen molar-refractivity contribution in [2.45, 2.75) is 6.42 Å². The van der Waals surface area contributed by atoms with Gasteiger partial charge < -0.3 is 4.74 Å². The van der Waals surface area contributed by atoms with Crippen LogP contribution in [0.3, 0.4) is 0 Å². The van der Waals surface area contributed by atoms with Crippen LogP contribution in [0.2, 0.25) is 0 Å². The molecule has 3 aromatic rings. The van der Waals surface area contributed by atoms with E-state index in [1.54, 1.807) is 7.11 Å². The smallest absolute Gasteiger partial charge is 0.212 e. The lowest BCUT2D eigenvalue weighted by molar-refractivity contribution is 0.397. The summed E-state index contributed by atoms with van der Waals surface area (Å²) in [6, 6.07) is 14.2. The van der Waals surface area contributed by atoms with Gasteiger partial charge in [0.05, 0.1) is 12.6 Å². The maximum Gasteiger partial charge on any atom is 0.212 e. The van der Waals surface area contributed by atoms with Crippen molar-refractivity contribution in [3.8, 4) is 5.88 Å². The van der Waals surface area contributed by atoms with Crippen molar-refractivity contribution in [2.24, 2.45) is 0 Å². The minimum absolute atomic E-state index is 0.639. The second-order valence-electron chi connectivity index (χ2n) is 4.38. The van der Waals surface area contributed by atoms with Crippen LogP contribution in [0.15, 0.2) is 54.9 Å². The van der Waals surface area contributed by atoms with Gasteiger partial charge in [-0.15, -0.1) is 0 Å². The quantitative estimate of drug-likeness (QED) is 0.715. The molecule has 0 saturated carbocycles. The van der Waals surface area contributed by atoms with Crippen molar-refractivity contribution >= 4 is 10.9 Å². The van der Waals surface area contributed by atoms with E-state index in [1.807, 2.05) is 30.6 Å². The molecule has 1 aromatic carbocycles. The Labute approximate surface area is 111 Å². The molecule has 0 aliphatic rings. The van der Waals surface area contributed by atoms with E-state index >= 15 is 0 Å². The predicted molar refractivity (Wildman–Crippen MR) is 75.3 cm³/mol. The topological polar surface area (TPSA) is 35.0 Å². The summed E-state index contributed by atoms with van der Waals surface area (Å²) < 4.78 is 5.07. The molecule has 0 amide bonds. The van der Waals surface area contributed by atoms with Crippen LogP contribution in [0.5, 0.6) is 5.88 Å². The summed E-state index contributed by atoms with van der Waals surface area (Å²) in [5.74, 6) is 0.639. The molecule has 0 fully saturated rings. The summed E-state index contributed by atoms with van der Waals surface area (Å²) in [6.45, 7) is 0. The molecule has 0 N–H and O–H groups in total. The molecule has 0 unspecified atom stereocenters. The van der Waals surface area contributed by atoms with Crippen molar-refractivity contribution in [3.63, 3.8) is 0 Å². The summed E-state index contributed by atoms with van der Waals surface area (Å²) in [6.07, 6.45) is 4.50. The normalized spacial score (nSPS) is 10.6. The molecule has 0 aliphatic heterocycles. The van der Waals surface area contributed by atoms with Crippen LogP contribution >= 0.6 is 0 Å². The second kappa shape index (κ2) is 5.06. The highest BCUT2D eigenvalue weighted by molar-refractivity contribution is 5.81. The van der Waals surface area contributed by atoms with E-state index < -0.39 is 0 Å². The lowest BCUT2D eigenvalue weighted by Crippen LogP contribution is -1.93. The lowest BCUT2D eigenvalue weighted by Gasteiger charge is -2.06. The van der Waals surface area contributed by atoms with Crippen LogP contribution in [-0.4, -0.2) is 17.1 Å². The fraction of sp³-hybridized carbons (Fsp3) is 0.125. The van der Waals surface area contributed by atoms with Crippen LogP contribution in [-0.2, 0) is 6.42 Å². The zero-order valence-corrected chi connectivity index (χ0v) is 10.7. The van der Waals surface area contributed by atoms with Gasteiger partial charge in [0.25, 0.3) is 0 Å². The molecule has 0 spiro atoms. The number of nitrogens with zero attached hydrogens (tertiary/aromatic N) is 2. The zero-order valence-electron chi connectivity index (χ0n) is 10.7. The molecular formula is C16H14N2O. The third-order valence-corrected chi connectivity index (χ3v) is 3.12. The fourth-order valence-corrected chi connectivity index (χ4v) is 2.17. The Morgan fingerprint density at radius 3 is 2.68 bits per heavy atom. The molecule has 0 aliphatic carbocycles. The van der Waals surface area contributed by atoms with Crippen molar-refractivity contribution in [2.75, 3.05) is 7.11 Å². The van der Waals surface area contributed by atoms with Gasteiger partial charge in [0.15, 0.2) is 0 Å². The minimum atomic E-state index is 0.639. The summed E-state index contributed by atoms with van der Waals surface area (Å²) in [5.41, 5.74) is 3.42. The summed E-state index contributed by atoms with van der Waals surface area (Å²) in [5, 5.41) is 1.17. The molecule has 0 atom stereocenters. The Bertz CT molecular complexity index is 687. The van der Waals surface area contributed by atoms with Crippen molar-refractivity contribution in [3.05, 3.63) is 66.0 Å². The molecule has 94 valence electrons. The van der Waals surface area contributed by atoms with Gasteiger partial charge in [0.1, 0.15) is 0 Å². The Morgan fingerprint density at radius 1 is 1.00 bits per heavy atom. The van der Waals surface area contributed by atoms with Gasteiger partial charge in [-0.3, -0.25) is 4.98 Å². The van der Waals surface area contributed by atoms with E-state index in [1.165, 1.54) is 10.9 Å². The van der Waals surface area contributed by atoms with Crippen molar-refractivity contribution in [1.29, 1.82) is 0 Å². The SMILES string of the molecule is COc1ccc(Cc2cccc3cccnc23)cn1. The Hall–Kier alpha value is -2.42. The Kier molecular flexibility index (Phi) is 3.11. The molecule has 0 saturated heterocycles. The van der Waals surface area contributed by atoms with E-state index in [-0.39, 0.29) is 0 Å². The van der Waals surface area contributed by atoms with Crippen molar-refractivity contribution in [1.82, 2.24) is 9.97 Å². The van der Waals surface area contributed by atoms with Gasteiger partial charge in [-0.2, -0.15) is 0 Å². The number of ether oxygens (including phenoxy) is 1. The maximum atomic E-state index is 5.07. The first kappa shape index (κ1) is 11.7. The maximum absolute atomic E-state index is 5.07. The lowest BCUT2D eigenvalue weighted by atomic mass is 10.0. The third-order valence-electron chi connectivity index (χ3n) is 3.12. The number of para-hydroxylation sites is 1. The third kappa shape index (κ3) is 2.40. The number of benzene rings is 1. The largest absolute Gasteiger partial charge is 0.481 e. The predicted octanol–water partition coefficient (Wildman–Crippen LogP) is 3.23. The van der Waals surface area contributed by atoms with Gasteiger partial charge in [-0.25, -0.2) is 4.98 Å². The van der Waals surface area contributed by atoms with E-state index in [0.717, 1.165) is 17.5 Å². The standard InChI is InChI=1S/C16H14N2O/c1-19-15-8-7-12(11-18-15)10-14-5-2-4-13-6-3-9-17-16(13)14/h2-9,11H,10H2,1H3. The van der Waals surface area contributed by atoms with E-state index in [0.29, 0.717) is 5.88 Å². The van der Waals surface area contributed by atoms with E-state index in [2.05, 4.69) is 34.2 Å². The summed E-state index contributed by atoms with van der Waals surface area (Å²) in [7, 11) is 1.62. The number of rotatable bonds is 3. The van der Waals surface area contributed by atoms with Crippen LogP contribution in [0, 0.1) is 0 Å². The van der Waals surface area contributed by atoms with Gasteiger partial charge in [0, 0.05) is 30.3 Å². The van der Waals surface area contributed by atoms with Crippen LogP contribution < -0.4 is 4.74 Å². The molecule has 2 heterocycles. The average Bonchev–Trinajstić information content (AvgIpc) is 2.48. The molecule has 2 aromatic heterocycles. The average molecular weight is 250 g/mol. The number of pyridine rings is 2. The number of hydrogen-bond donors (Lipinski definition) is 0. The van der Waals surface area contributed by atoms with E-state index in [9.17, 15) is 0 Å². The van der Waals surface area contributed by atoms with E-state index in [4.69, 9.17) is 4.74 Å². The van der Waals surface area contributed by atoms with Crippen LogP contribution in [0.4, 0.5) is 0 Å². The highest BCUT2D eigenvalue weighted by atomic mass is 16.5. The molecular weight excluding hydrogens is 236 g/mol. The highest BCUT2D eigenvalue weighted by Gasteiger charge is 2.03. The van der Waals surface area contributed by atoms with Gasteiger partial charge in [0.2, 0.25) is 5.88 Å². The first-order valence-electron chi connectivity index (χ1n) is 6.18. The number of fused-ring (bicyclic) bond motifs is 1. The summed E-state index contributed by atoms with van der Waals surface area (Å²) >= 11 is 0. The van der Waals surface area contributed by atoms with Crippen LogP contribution in [0.1, 0.15) is 11.1 Å². The first-order chi connectivity index (χ1) is 9.36. The molecule has 3 nitrogen and oxygen atoms in total. The highest BCUT2D eigenvalue weighted by Crippen LogP contribution is 2.19. The van der Waals surface area contributed by atoms with Crippen LogP contribution in [0.25, 0.3) is 10.9 Å². The van der Waals surface area contributed by atoms with Gasteiger partial charge >= 0.3 is 0 Å². The fourth-order valence-electron chi connectivity index (χ4n) is 2.17.